The van der Waals surface area contributed by atoms with Gasteiger partial charge in [0.1, 0.15) is 5.83 Å². The zero-order valence-corrected chi connectivity index (χ0v) is 9.67. The largest absolute Gasteiger partial charge is 0.206 e. The van der Waals surface area contributed by atoms with Crippen LogP contribution in [-0.4, -0.2) is 0 Å². The van der Waals surface area contributed by atoms with E-state index >= 15 is 0 Å². The first-order chi connectivity index (χ1) is 7.79. The molecule has 2 atom stereocenters. The van der Waals surface area contributed by atoms with Crippen LogP contribution in [0.15, 0.2) is 29.8 Å². The Labute approximate surface area is 96.2 Å². The van der Waals surface area contributed by atoms with E-state index in [1.54, 1.807) is 0 Å². The smallest absolute Gasteiger partial charge is 0.130 e. The molecule has 0 radical (unpaired) electrons. The molecule has 84 valence electrons. The van der Waals surface area contributed by atoms with Gasteiger partial charge in [-0.3, -0.25) is 0 Å². The van der Waals surface area contributed by atoms with Crippen LogP contribution in [0.5, 0.6) is 0 Å². The summed E-state index contributed by atoms with van der Waals surface area (Å²) >= 11 is 0. The van der Waals surface area contributed by atoms with Crippen molar-refractivity contribution < 1.29 is 4.39 Å². The Kier molecular flexibility index (Phi) is 2.34. The maximum Gasteiger partial charge on any atom is 0.130 e. The molecule has 2 unspecified atom stereocenters. The van der Waals surface area contributed by atoms with Gasteiger partial charge in [0.2, 0.25) is 0 Å². The molecule has 0 heterocycles. The third kappa shape index (κ3) is 1.41. The highest BCUT2D eigenvalue weighted by Gasteiger charge is 2.35. The van der Waals surface area contributed by atoms with Crippen molar-refractivity contribution in [2.24, 2.45) is 11.8 Å². The van der Waals surface area contributed by atoms with Crippen LogP contribution in [0, 0.1) is 11.8 Å². The molecular formula is C15H17F. The van der Waals surface area contributed by atoms with Crippen molar-refractivity contribution >= 4 is 5.83 Å². The van der Waals surface area contributed by atoms with Gasteiger partial charge in [-0.25, -0.2) is 4.39 Å². The summed E-state index contributed by atoms with van der Waals surface area (Å²) in [5.74, 6) is 1.28. The molecule has 1 saturated carbocycles. The molecule has 16 heavy (non-hydrogen) atoms. The number of benzene rings is 1. The third-order valence-corrected chi connectivity index (χ3v) is 4.20. The minimum Gasteiger partial charge on any atom is -0.206 e. The normalized spacial score (nSPS) is 27.9. The molecule has 0 saturated heterocycles. The lowest BCUT2D eigenvalue weighted by molar-refractivity contribution is 0.483. The van der Waals surface area contributed by atoms with Crippen LogP contribution in [0.1, 0.15) is 37.3 Å². The van der Waals surface area contributed by atoms with E-state index in [1.165, 1.54) is 18.4 Å². The number of halogens is 1. The van der Waals surface area contributed by atoms with E-state index in [0.29, 0.717) is 11.8 Å². The third-order valence-electron chi connectivity index (χ3n) is 4.20. The molecule has 0 aromatic heterocycles. The van der Waals surface area contributed by atoms with Crippen molar-refractivity contribution in [2.75, 3.05) is 0 Å². The van der Waals surface area contributed by atoms with Crippen molar-refractivity contribution in [1.82, 2.24) is 0 Å². The van der Waals surface area contributed by atoms with E-state index in [1.807, 2.05) is 18.2 Å². The van der Waals surface area contributed by atoms with E-state index in [9.17, 15) is 4.39 Å². The Bertz CT molecular complexity index is 445. The first-order valence-corrected chi connectivity index (χ1v) is 6.26. The molecule has 3 rings (SSSR count). The Balaban J connectivity index is 2.04. The Morgan fingerprint density at radius 1 is 1.25 bits per heavy atom. The maximum atomic E-state index is 14.3. The van der Waals surface area contributed by atoms with Gasteiger partial charge in [0, 0.05) is 5.56 Å². The fraction of sp³-hybridized carbons (Fsp3) is 0.467. The second kappa shape index (κ2) is 3.73. The molecule has 0 bridgehead atoms. The Hall–Kier alpha value is -1.11. The van der Waals surface area contributed by atoms with Gasteiger partial charge in [-0.2, -0.15) is 0 Å². The summed E-state index contributed by atoms with van der Waals surface area (Å²) in [5, 5.41) is 0. The minimum atomic E-state index is 0.0859. The number of hydrogen-bond donors (Lipinski definition) is 0. The van der Waals surface area contributed by atoms with Crippen LogP contribution in [0.4, 0.5) is 4.39 Å². The van der Waals surface area contributed by atoms with Crippen molar-refractivity contribution in [3.63, 3.8) is 0 Å². The maximum absolute atomic E-state index is 14.3. The van der Waals surface area contributed by atoms with Crippen LogP contribution in [0.2, 0.25) is 0 Å². The van der Waals surface area contributed by atoms with Gasteiger partial charge in [0.15, 0.2) is 0 Å². The van der Waals surface area contributed by atoms with E-state index in [2.05, 4.69) is 13.0 Å². The summed E-state index contributed by atoms with van der Waals surface area (Å²) in [6.45, 7) is 2.22. The van der Waals surface area contributed by atoms with Crippen LogP contribution < -0.4 is 0 Å². The van der Waals surface area contributed by atoms with Crippen LogP contribution in [0.25, 0.3) is 5.83 Å². The second-order valence-corrected chi connectivity index (χ2v) is 5.11. The highest BCUT2D eigenvalue weighted by molar-refractivity contribution is 5.68. The number of fused-ring (bicyclic) bond motifs is 2. The zero-order valence-electron chi connectivity index (χ0n) is 9.67. The van der Waals surface area contributed by atoms with Crippen LogP contribution >= 0.6 is 0 Å². The summed E-state index contributed by atoms with van der Waals surface area (Å²) in [6.07, 6.45) is 4.41. The van der Waals surface area contributed by atoms with Crippen molar-refractivity contribution in [3.05, 3.63) is 41.0 Å². The summed E-state index contributed by atoms with van der Waals surface area (Å²) in [7, 11) is 0. The standard InChI is InChI=1S/C15H17F/c1-2-10-7-12-9-11-5-3-4-6-13(11)15(16)14(12)8-10/h3-6,10,12H,2,7-9H2,1H3. The van der Waals surface area contributed by atoms with Crippen LogP contribution in [-0.2, 0) is 6.42 Å². The number of hydrogen-bond acceptors (Lipinski definition) is 0. The van der Waals surface area contributed by atoms with Gasteiger partial charge in [-0.15, -0.1) is 0 Å². The van der Waals surface area contributed by atoms with Gasteiger partial charge >= 0.3 is 0 Å². The van der Waals surface area contributed by atoms with Crippen molar-refractivity contribution in [1.29, 1.82) is 0 Å². The van der Waals surface area contributed by atoms with E-state index < -0.39 is 0 Å². The molecule has 0 aliphatic heterocycles. The fourth-order valence-corrected chi connectivity index (χ4v) is 3.24. The van der Waals surface area contributed by atoms with Gasteiger partial charge in [-0.05, 0) is 42.2 Å². The highest BCUT2D eigenvalue weighted by Crippen LogP contribution is 2.47. The topological polar surface area (TPSA) is 0 Å². The molecule has 0 nitrogen and oxygen atoms in total. The number of allylic oxidation sites excluding steroid dienone is 1. The predicted octanol–water partition coefficient (Wildman–Crippen LogP) is 4.36. The SMILES string of the molecule is CCC1CC2=C(F)c3ccccc3CC2C1. The molecule has 0 N–H and O–H groups in total. The highest BCUT2D eigenvalue weighted by atomic mass is 19.1. The van der Waals surface area contributed by atoms with Crippen LogP contribution in [0.3, 0.4) is 0 Å². The zero-order chi connectivity index (χ0) is 11.1. The van der Waals surface area contributed by atoms with Crippen molar-refractivity contribution in [3.8, 4) is 0 Å². The molecule has 1 aromatic carbocycles. The van der Waals surface area contributed by atoms with Crippen molar-refractivity contribution in [2.45, 2.75) is 32.6 Å². The monoisotopic (exact) mass is 216 g/mol. The van der Waals surface area contributed by atoms with Gasteiger partial charge < -0.3 is 0 Å². The molecule has 1 heteroatoms. The first-order valence-electron chi connectivity index (χ1n) is 6.26. The summed E-state index contributed by atoms with van der Waals surface area (Å²) in [5.41, 5.74) is 3.15. The van der Waals surface area contributed by atoms with E-state index in [0.717, 1.165) is 24.0 Å². The molecule has 0 amide bonds. The van der Waals surface area contributed by atoms with Gasteiger partial charge in [-0.1, -0.05) is 37.6 Å². The lowest BCUT2D eigenvalue weighted by atomic mass is 9.84. The molecule has 1 fully saturated rings. The molecular weight excluding hydrogens is 199 g/mol. The molecule has 2 aliphatic carbocycles. The molecule has 2 aliphatic rings. The average molecular weight is 216 g/mol. The number of rotatable bonds is 1. The summed E-state index contributed by atoms with van der Waals surface area (Å²) in [4.78, 5) is 0. The average Bonchev–Trinajstić information content (AvgIpc) is 2.73. The second-order valence-electron chi connectivity index (χ2n) is 5.11. The lowest BCUT2D eigenvalue weighted by Crippen LogP contribution is -2.10. The van der Waals surface area contributed by atoms with Gasteiger partial charge in [0.25, 0.3) is 0 Å². The Morgan fingerprint density at radius 2 is 2.06 bits per heavy atom. The predicted molar refractivity (Wildman–Crippen MR) is 64.7 cm³/mol. The van der Waals surface area contributed by atoms with E-state index in [4.69, 9.17) is 0 Å². The summed E-state index contributed by atoms with van der Waals surface area (Å²) in [6, 6.07) is 7.95. The first kappa shape index (κ1) is 10.1. The minimum absolute atomic E-state index is 0.0859. The molecule has 1 aromatic rings. The lowest BCUT2D eigenvalue weighted by Gasteiger charge is -2.21. The van der Waals surface area contributed by atoms with E-state index in [-0.39, 0.29) is 5.83 Å². The Morgan fingerprint density at radius 3 is 2.88 bits per heavy atom. The fourth-order valence-electron chi connectivity index (χ4n) is 3.24. The van der Waals surface area contributed by atoms with Gasteiger partial charge in [0.05, 0.1) is 0 Å². The quantitative estimate of drug-likeness (QED) is 0.654. The molecule has 0 spiro atoms. The summed E-state index contributed by atoms with van der Waals surface area (Å²) < 4.78 is 14.3.